The van der Waals surface area contributed by atoms with Crippen molar-refractivity contribution in [2.45, 2.75) is 0 Å². The van der Waals surface area contributed by atoms with E-state index >= 15 is 0 Å². The highest BCUT2D eigenvalue weighted by atomic mass is 32.1. The summed E-state index contributed by atoms with van der Waals surface area (Å²) >= 11 is 3.64. The molecule has 2 nitrogen and oxygen atoms in total. The topological polar surface area (TPSA) is 18.5 Å². The molecule has 0 fully saturated rings. The maximum atomic E-state index is 5.92. The minimum Gasteiger partial charge on any atom is -0.496 e. The fraction of sp³-hybridized carbons (Fsp3) is 0.0769. The van der Waals surface area contributed by atoms with Crippen LogP contribution >= 0.6 is 22.7 Å². The van der Waals surface area contributed by atoms with Crippen molar-refractivity contribution < 1.29 is 9.47 Å². The average molecular weight is 427 g/mol. The Hall–Kier alpha value is -3.08. The van der Waals surface area contributed by atoms with Gasteiger partial charge < -0.3 is 9.47 Å². The van der Waals surface area contributed by atoms with Gasteiger partial charge >= 0.3 is 0 Å². The van der Waals surface area contributed by atoms with Crippen LogP contribution in [0.4, 0.5) is 0 Å². The van der Waals surface area contributed by atoms with Gasteiger partial charge in [0.25, 0.3) is 0 Å². The standard InChI is InChI=1S/C26H18O2S2/c1-27-17-11-13-21-23(15-7-3-5-9-19(15)29-21)25(17)26-18(28-2)12-14-22-24(26)16-8-4-6-10-20(16)30-22/h3-14H,1-2H3. The molecular formula is C26H18O2S2. The summed E-state index contributed by atoms with van der Waals surface area (Å²) < 4.78 is 16.9. The first-order chi connectivity index (χ1) is 14.8. The van der Waals surface area contributed by atoms with E-state index in [4.69, 9.17) is 9.47 Å². The molecule has 4 heteroatoms. The lowest BCUT2D eigenvalue weighted by atomic mass is 9.93. The van der Waals surface area contributed by atoms with Gasteiger partial charge in [0.1, 0.15) is 11.5 Å². The van der Waals surface area contributed by atoms with Crippen LogP contribution in [0.3, 0.4) is 0 Å². The monoisotopic (exact) mass is 426 g/mol. The molecule has 0 saturated heterocycles. The number of ether oxygens (including phenoxy) is 2. The number of methoxy groups -OCH3 is 2. The van der Waals surface area contributed by atoms with Crippen LogP contribution in [0.1, 0.15) is 0 Å². The van der Waals surface area contributed by atoms with E-state index in [2.05, 4.69) is 72.8 Å². The van der Waals surface area contributed by atoms with Crippen LogP contribution < -0.4 is 9.47 Å². The molecule has 0 amide bonds. The molecule has 30 heavy (non-hydrogen) atoms. The van der Waals surface area contributed by atoms with Gasteiger partial charge in [-0.25, -0.2) is 0 Å². The molecule has 0 unspecified atom stereocenters. The van der Waals surface area contributed by atoms with E-state index < -0.39 is 0 Å². The van der Waals surface area contributed by atoms with Gasteiger partial charge in [0, 0.05) is 51.5 Å². The lowest BCUT2D eigenvalue weighted by molar-refractivity contribution is 0.411. The minimum atomic E-state index is 0.868. The molecule has 0 atom stereocenters. The van der Waals surface area contributed by atoms with Gasteiger partial charge in [-0.05, 0) is 36.4 Å². The van der Waals surface area contributed by atoms with Crippen LogP contribution in [0.2, 0.25) is 0 Å². The third-order valence-electron chi connectivity index (χ3n) is 5.70. The molecule has 0 bridgehead atoms. The Morgan fingerprint density at radius 3 is 1.37 bits per heavy atom. The fourth-order valence-electron chi connectivity index (χ4n) is 4.43. The third-order valence-corrected chi connectivity index (χ3v) is 7.97. The molecule has 0 N–H and O–H groups in total. The summed E-state index contributed by atoms with van der Waals surface area (Å²) in [5, 5.41) is 4.97. The molecule has 6 aromatic rings. The maximum absolute atomic E-state index is 5.92. The summed E-state index contributed by atoms with van der Waals surface area (Å²) in [4.78, 5) is 0. The van der Waals surface area contributed by atoms with E-state index in [9.17, 15) is 0 Å². The zero-order valence-electron chi connectivity index (χ0n) is 16.6. The first-order valence-corrected chi connectivity index (χ1v) is 11.4. The van der Waals surface area contributed by atoms with E-state index in [1.807, 2.05) is 22.7 Å². The Morgan fingerprint density at radius 2 is 0.933 bits per heavy atom. The van der Waals surface area contributed by atoms with Crippen molar-refractivity contribution in [1.82, 2.24) is 0 Å². The van der Waals surface area contributed by atoms with Crippen molar-refractivity contribution in [2.24, 2.45) is 0 Å². The molecule has 0 saturated carbocycles. The van der Waals surface area contributed by atoms with E-state index in [1.165, 1.54) is 40.3 Å². The van der Waals surface area contributed by atoms with Crippen molar-refractivity contribution in [3.8, 4) is 22.6 Å². The first kappa shape index (κ1) is 17.8. The Morgan fingerprint density at radius 1 is 0.500 bits per heavy atom. The fourth-order valence-corrected chi connectivity index (χ4v) is 6.66. The summed E-state index contributed by atoms with van der Waals surface area (Å²) in [6, 6.07) is 25.7. The second-order valence-electron chi connectivity index (χ2n) is 7.23. The van der Waals surface area contributed by atoms with E-state index in [0.29, 0.717) is 0 Å². The zero-order valence-corrected chi connectivity index (χ0v) is 18.2. The Balaban J connectivity index is 1.89. The van der Waals surface area contributed by atoms with Crippen LogP contribution in [0.5, 0.6) is 11.5 Å². The third kappa shape index (κ3) is 2.41. The number of benzene rings is 4. The van der Waals surface area contributed by atoms with Gasteiger partial charge in [0.2, 0.25) is 0 Å². The van der Waals surface area contributed by atoms with Crippen molar-refractivity contribution in [2.75, 3.05) is 14.2 Å². The number of fused-ring (bicyclic) bond motifs is 6. The smallest absolute Gasteiger partial charge is 0.127 e. The zero-order chi connectivity index (χ0) is 20.2. The first-order valence-electron chi connectivity index (χ1n) is 9.77. The normalized spacial score (nSPS) is 11.7. The van der Waals surface area contributed by atoms with Crippen LogP contribution in [0.25, 0.3) is 51.5 Å². The van der Waals surface area contributed by atoms with Gasteiger partial charge in [0.15, 0.2) is 0 Å². The molecule has 0 aliphatic carbocycles. The quantitative estimate of drug-likeness (QED) is 0.284. The number of rotatable bonds is 3. The SMILES string of the molecule is COc1ccc2sc3ccccc3c2c1-c1c(OC)ccc2sc3ccccc3c12. The summed E-state index contributed by atoms with van der Waals surface area (Å²) in [6.45, 7) is 0. The molecule has 0 aliphatic rings. The highest BCUT2D eigenvalue weighted by Crippen LogP contribution is 2.51. The van der Waals surface area contributed by atoms with Gasteiger partial charge in [-0.15, -0.1) is 22.7 Å². The van der Waals surface area contributed by atoms with Crippen molar-refractivity contribution in [3.63, 3.8) is 0 Å². The molecule has 0 aliphatic heterocycles. The summed E-state index contributed by atoms with van der Waals surface area (Å²) in [6.07, 6.45) is 0. The Kier molecular flexibility index (Phi) is 3.98. The van der Waals surface area contributed by atoms with Gasteiger partial charge in [0.05, 0.1) is 14.2 Å². The number of hydrogen-bond donors (Lipinski definition) is 0. The molecule has 2 heterocycles. The lowest BCUT2D eigenvalue weighted by Crippen LogP contribution is -1.93. The Labute approximate surface area is 181 Å². The van der Waals surface area contributed by atoms with Crippen molar-refractivity contribution >= 4 is 63.0 Å². The van der Waals surface area contributed by atoms with Crippen LogP contribution in [0, 0.1) is 0 Å². The molecule has 146 valence electrons. The highest BCUT2D eigenvalue weighted by Gasteiger charge is 2.23. The van der Waals surface area contributed by atoms with E-state index in [0.717, 1.165) is 22.6 Å². The van der Waals surface area contributed by atoms with Crippen molar-refractivity contribution in [1.29, 1.82) is 0 Å². The summed E-state index contributed by atoms with van der Waals surface area (Å²) in [5.74, 6) is 1.74. The van der Waals surface area contributed by atoms with E-state index in [-0.39, 0.29) is 0 Å². The van der Waals surface area contributed by atoms with Gasteiger partial charge in [-0.2, -0.15) is 0 Å². The highest BCUT2D eigenvalue weighted by molar-refractivity contribution is 7.26. The molecule has 4 aromatic carbocycles. The number of hydrogen-bond acceptors (Lipinski definition) is 4. The predicted octanol–water partition coefficient (Wildman–Crippen LogP) is 8.11. The summed E-state index contributed by atoms with van der Waals surface area (Å²) in [7, 11) is 3.50. The largest absolute Gasteiger partial charge is 0.496 e. The van der Waals surface area contributed by atoms with Crippen LogP contribution in [0.15, 0.2) is 72.8 Å². The minimum absolute atomic E-state index is 0.868. The van der Waals surface area contributed by atoms with E-state index in [1.54, 1.807) is 14.2 Å². The second kappa shape index (κ2) is 6.73. The van der Waals surface area contributed by atoms with Gasteiger partial charge in [-0.3, -0.25) is 0 Å². The lowest BCUT2D eigenvalue weighted by Gasteiger charge is -2.16. The second-order valence-corrected chi connectivity index (χ2v) is 9.40. The predicted molar refractivity (Wildman–Crippen MR) is 131 cm³/mol. The molecular weight excluding hydrogens is 408 g/mol. The molecule has 0 spiro atoms. The van der Waals surface area contributed by atoms with Crippen LogP contribution in [-0.2, 0) is 0 Å². The van der Waals surface area contributed by atoms with Crippen LogP contribution in [-0.4, -0.2) is 14.2 Å². The summed E-state index contributed by atoms with van der Waals surface area (Å²) in [5.41, 5.74) is 2.22. The van der Waals surface area contributed by atoms with Crippen molar-refractivity contribution in [3.05, 3.63) is 72.8 Å². The molecule has 6 rings (SSSR count). The van der Waals surface area contributed by atoms with Gasteiger partial charge in [-0.1, -0.05) is 36.4 Å². The molecule has 0 radical (unpaired) electrons. The maximum Gasteiger partial charge on any atom is 0.127 e. The Bertz CT molecular complexity index is 1450. The molecule has 2 aromatic heterocycles. The number of thiophene rings is 2. The average Bonchev–Trinajstić information content (AvgIpc) is 3.36.